The van der Waals surface area contributed by atoms with Crippen molar-refractivity contribution in [3.05, 3.63) is 46.9 Å². The number of halogens is 1. The molecule has 0 spiro atoms. The Kier molecular flexibility index (Phi) is 3.01. The quantitative estimate of drug-likeness (QED) is 0.714. The predicted octanol–water partition coefficient (Wildman–Crippen LogP) is 4.32. The maximum atomic E-state index is 5.84. The van der Waals surface area contributed by atoms with E-state index in [0.29, 0.717) is 10.9 Å². The number of aromatic nitrogens is 1. The molecule has 0 unspecified atom stereocenters. The fourth-order valence-electron chi connectivity index (χ4n) is 1.60. The summed E-state index contributed by atoms with van der Waals surface area (Å²) >= 11 is 4.88. The molecule has 90 valence electrons. The molecule has 2 aromatic carbocycles. The molecule has 0 atom stereocenters. The molecule has 1 heterocycles. The molecule has 0 fully saturated rings. The Balaban J connectivity index is 1.95. The largest absolute Gasteiger partial charge is 0.431 e. The molecule has 3 nitrogen and oxygen atoms in total. The van der Waals surface area contributed by atoms with E-state index in [1.165, 1.54) is 11.8 Å². The Hall–Kier alpha value is -1.46. The second kappa shape index (κ2) is 4.66. The lowest BCUT2D eigenvalue weighted by molar-refractivity contribution is 0.489. The molecule has 0 aliphatic rings. The average molecular weight is 321 g/mol. The minimum absolute atomic E-state index is 0.602. The molecule has 3 aromatic rings. The molecule has 18 heavy (non-hydrogen) atoms. The van der Waals surface area contributed by atoms with Gasteiger partial charge in [-0.1, -0.05) is 22.0 Å². The van der Waals surface area contributed by atoms with Gasteiger partial charge in [-0.15, -0.1) is 0 Å². The van der Waals surface area contributed by atoms with Crippen molar-refractivity contribution in [1.29, 1.82) is 0 Å². The minimum Gasteiger partial charge on any atom is -0.431 e. The monoisotopic (exact) mass is 320 g/mol. The van der Waals surface area contributed by atoms with Gasteiger partial charge in [0.25, 0.3) is 5.22 Å². The topological polar surface area (TPSA) is 52.0 Å². The highest BCUT2D eigenvalue weighted by Gasteiger charge is 2.09. The van der Waals surface area contributed by atoms with Gasteiger partial charge in [-0.05, 0) is 48.2 Å². The lowest BCUT2D eigenvalue weighted by Gasteiger charge is -1.96. The smallest absolute Gasteiger partial charge is 0.261 e. The number of oxazole rings is 1. The number of nitrogen functional groups attached to an aromatic ring is 1. The highest BCUT2D eigenvalue weighted by molar-refractivity contribution is 9.10. The van der Waals surface area contributed by atoms with Crippen LogP contribution in [0.2, 0.25) is 0 Å². The van der Waals surface area contributed by atoms with Crippen LogP contribution in [0.5, 0.6) is 0 Å². The third-order valence-electron chi connectivity index (χ3n) is 2.45. The third-order valence-corrected chi connectivity index (χ3v) is 3.84. The van der Waals surface area contributed by atoms with E-state index >= 15 is 0 Å². The van der Waals surface area contributed by atoms with Crippen molar-refractivity contribution >= 4 is 44.5 Å². The van der Waals surface area contributed by atoms with Gasteiger partial charge >= 0.3 is 0 Å². The van der Waals surface area contributed by atoms with Crippen LogP contribution in [0.4, 0.5) is 5.69 Å². The first-order chi connectivity index (χ1) is 8.72. The standard InChI is InChI=1S/C13H9BrN2OS/c14-8-4-6-9(7-5-8)18-13-16-12-10(15)2-1-3-11(12)17-13/h1-7H,15H2. The van der Waals surface area contributed by atoms with Crippen molar-refractivity contribution in [3.63, 3.8) is 0 Å². The maximum Gasteiger partial charge on any atom is 0.261 e. The highest BCUT2D eigenvalue weighted by Crippen LogP contribution is 2.32. The van der Waals surface area contributed by atoms with Gasteiger partial charge < -0.3 is 10.2 Å². The lowest BCUT2D eigenvalue weighted by Crippen LogP contribution is -1.84. The van der Waals surface area contributed by atoms with Gasteiger partial charge in [0, 0.05) is 9.37 Å². The van der Waals surface area contributed by atoms with Crippen molar-refractivity contribution in [1.82, 2.24) is 4.98 Å². The van der Waals surface area contributed by atoms with E-state index in [-0.39, 0.29) is 0 Å². The zero-order valence-electron chi connectivity index (χ0n) is 9.26. The van der Waals surface area contributed by atoms with E-state index in [1.807, 2.05) is 42.5 Å². The second-order valence-electron chi connectivity index (χ2n) is 3.73. The number of anilines is 1. The van der Waals surface area contributed by atoms with Gasteiger partial charge in [-0.2, -0.15) is 0 Å². The van der Waals surface area contributed by atoms with Gasteiger partial charge in [-0.25, -0.2) is 4.98 Å². The molecule has 0 radical (unpaired) electrons. The summed E-state index contributed by atoms with van der Waals surface area (Å²) in [5, 5.41) is 0.602. The van der Waals surface area contributed by atoms with E-state index in [1.54, 1.807) is 0 Å². The summed E-state index contributed by atoms with van der Waals surface area (Å²) in [6.45, 7) is 0. The molecule has 2 N–H and O–H groups in total. The summed E-state index contributed by atoms with van der Waals surface area (Å²) in [6.07, 6.45) is 0. The predicted molar refractivity (Wildman–Crippen MR) is 76.7 cm³/mol. The summed E-state index contributed by atoms with van der Waals surface area (Å²) in [6, 6.07) is 13.5. The Morgan fingerprint density at radius 3 is 2.61 bits per heavy atom. The number of rotatable bonds is 2. The SMILES string of the molecule is Nc1cccc2oc(Sc3ccc(Br)cc3)nc12. The van der Waals surface area contributed by atoms with Crippen molar-refractivity contribution in [2.24, 2.45) is 0 Å². The van der Waals surface area contributed by atoms with Crippen LogP contribution in [0.3, 0.4) is 0 Å². The first-order valence-corrected chi connectivity index (χ1v) is 6.92. The normalized spacial score (nSPS) is 10.9. The zero-order valence-corrected chi connectivity index (χ0v) is 11.7. The molecule has 0 aliphatic carbocycles. The Morgan fingerprint density at radius 1 is 1.11 bits per heavy atom. The van der Waals surface area contributed by atoms with E-state index in [9.17, 15) is 0 Å². The minimum atomic E-state index is 0.602. The number of nitrogens with zero attached hydrogens (tertiary/aromatic N) is 1. The van der Waals surface area contributed by atoms with Crippen LogP contribution in [-0.4, -0.2) is 4.98 Å². The maximum absolute atomic E-state index is 5.84. The van der Waals surface area contributed by atoms with Gasteiger partial charge in [0.15, 0.2) is 5.58 Å². The zero-order chi connectivity index (χ0) is 12.5. The summed E-state index contributed by atoms with van der Waals surface area (Å²) in [5.41, 5.74) is 7.92. The fourth-order valence-corrected chi connectivity index (χ4v) is 2.60. The molecule has 1 aromatic heterocycles. The Morgan fingerprint density at radius 2 is 1.89 bits per heavy atom. The van der Waals surface area contributed by atoms with E-state index in [2.05, 4.69) is 20.9 Å². The summed E-state index contributed by atoms with van der Waals surface area (Å²) < 4.78 is 6.69. The molecule has 5 heteroatoms. The van der Waals surface area contributed by atoms with Crippen molar-refractivity contribution < 1.29 is 4.42 Å². The average Bonchev–Trinajstić information content (AvgIpc) is 2.76. The third kappa shape index (κ3) is 2.23. The Labute approximate surface area is 117 Å². The van der Waals surface area contributed by atoms with Crippen molar-refractivity contribution in [2.45, 2.75) is 10.1 Å². The molecular formula is C13H9BrN2OS. The number of fused-ring (bicyclic) bond motifs is 1. The molecule has 0 saturated carbocycles. The second-order valence-corrected chi connectivity index (χ2v) is 5.67. The Bertz CT molecular complexity index is 694. The van der Waals surface area contributed by atoms with Crippen molar-refractivity contribution in [3.8, 4) is 0 Å². The fraction of sp³-hybridized carbons (Fsp3) is 0. The van der Waals surface area contributed by atoms with Gasteiger partial charge in [0.2, 0.25) is 0 Å². The molecule has 0 amide bonds. The van der Waals surface area contributed by atoms with E-state index in [0.717, 1.165) is 20.5 Å². The number of hydrogen-bond acceptors (Lipinski definition) is 4. The van der Waals surface area contributed by atoms with Crippen LogP contribution in [-0.2, 0) is 0 Å². The molecule has 3 rings (SSSR count). The van der Waals surface area contributed by atoms with Crippen LogP contribution in [0.1, 0.15) is 0 Å². The summed E-state index contributed by atoms with van der Waals surface area (Å²) in [4.78, 5) is 5.46. The van der Waals surface area contributed by atoms with Crippen molar-refractivity contribution in [2.75, 3.05) is 5.73 Å². The molecule has 0 saturated heterocycles. The van der Waals surface area contributed by atoms with Crippen LogP contribution in [0, 0.1) is 0 Å². The highest BCUT2D eigenvalue weighted by atomic mass is 79.9. The molecule has 0 bridgehead atoms. The van der Waals surface area contributed by atoms with Crippen LogP contribution in [0.15, 0.2) is 61.5 Å². The van der Waals surface area contributed by atoms with E-state index in [4.69, 9.17) is 10.2 Å². The van der Waals surface area contributed by atoms with Crippen LogP contribution in [0.25, 0.3) is 11.1 Å². The lowest BCUT2D eigenvalue weighted by atomic mass is 10.3. The number of benzene rings is 2. The van der Waals surface area contributed by atoms with E-state index < -0.39 is 0 Å². The van der Waals surface area contributed by atoms with Crippen LogP contribution < -0.4 is 5.73 Å². The van der Waals surface area contributed by atoms with Gasteiger partial charge in [0.1, 0.15) is 5.52 Å². The first kappa shape index (κ1) is 11.6. The number of para-hydroxylation sites is 1. The number of nitrogens with two attached hydrogens (primary N) is 1. The number of hydrogen-bond donors (Lipinski definition) is 1. The molecule has 0 aliphatic heterocycles. The van der Waals surface area contributed by atoms with Crippen LogP contribution >= 0.6 is 27.7 Å². The summed E-state index contributed by atoms with van der Waals surface area (Å²) in [7, 11) is 0. The van der Waals surface area contributed by atoms with Gasteiger partial charge in [-0.3, -0.25) is 0 Å². The first-order valence-electron chi connectivity index (χ1n) is 5.31. The molecular weight excluding hydrogens is 312 g/mol. The summed E-state index contributed by atoms with van der Waals surface area (Å²) in [5.74, 6) is 0. The van der Waals surface area contributed by atoms with Gasteiger partial charge in [0.05, 0.1) is 5.69 Å².